The van der Waals surface area contributed by atoms with Gasteiger partial charge in [0.25, 0.3) is 0 Å². The molecule has 10 heteroatoms. The highest BCUT2D eigenvalue weighted by Gasteiger charge is 2.31. The minimum Gasteiger partial charge on any atom is -0.494 e. The highest BCUT2D eigenvalue weighted by molar-refractivity contribution is 7.87. The number of aryl methyl sites for hydroxylation is 1. The van der Waals surface area contributed by atoms with Gasteiger partial charge in [-0.25, -0.2) is 4.21 Å². The Kier molecular flexibility index (Phi) is 7.80. The smallest absolute Gasteiger partial charge is 0.494 e. The molecule has 1 atom stereocenters. The van der Waals surface area contributed by atoms with E-state index in [-0.39, 0.29) is 12.2 Å². The quantitative estimate of drug-likeness (QED) is 0.362. The Hall–Kier alpha value is -2.85. The van der Waals surface area contributed by atoms with Crippen molar-refractivity contribution < 1.29 is 36.4 Å². The summed E-state index contributed by atoms with van der Waals surface area (Å²) < 4.78 is 65.2. The van der Waals surface area contributed by atoms with Crippen LogP contribution in [-0.2, 0) is 26.8 Å². The van der Waals surface area contributed by atoms with Crippen LogP contribution >= 0.6 is 11.3 Å². The van der Waals surface area contributed by atoms with Crippen molar-refractivity contribution in [3.63, 3.8) is 0 Å². The lowest BCUT2D eigenvalue weighted by atomic mass is 10.1. The summed E-state index contributed by atoms with van der Waals surface area (Å²) in [7, 11) is -0.259. The second-order valence-corrected chi connectivity index (χ2v) is 9.84. The Morgan fingerprint density at radius 1 is 1.06 bits per heavy atom. The van der Waals surface area contributed by atoms with E-state index in [2.05, 4.69) is 4.74 Å². The van der Waals surface area contributed by atoms with Crippen molar-refractivity contribution >= 4 is 28.1 Å². The van der Waals surface area contributed by atoms with Gasteiger partial charge in [-0.2, -0.15) is 0 Å². The van der Waals surface area contributed by atoms with Gasteiger partial charge in [0.15, 0.2) is 0 Å². The SMILES string of the molecule is CCOc1cc(CC(=O)OC)cc(S(=O)c2cc(-c3ccc(OC(F)(F)F)cc3)c(C)s2)c1. The fourth-order valence-corrected chi connectivity index (χ4v) is 5.78. The van der Waals surface area contributed by atoms with Gasteiger partial charge < -0.3 is 14.2 Å². The Morgan fingerprint density at radius 3 is 2.36 bits per heavy atom. The number of thiophene rings is 1. The van der Waals surface area contributed by atoms with E-state index in [1.165, 1.54) is 42.7 Å². The highest BCUT2D eigenvalue weighted by atomic mass is 32.2. The van der Waals surface area contributed by atoms with Crippen molar-refractivity contribution in [2.75, 3.05) is 13.7 Å². The molecule has 0 saturated heterocycles. The first-order valence-corrected chi connectivity index (χ1v) is 11.8. The molecule has 0 amide bonds. The molecule has 0 saturated carbocycles. The molecule has 5 nitrogen and oxygen atoms in total. The number of benzene rings is 2. The fourth-order valence-electron chi connectivity index (χ4n) is 3.11. The van der Waals surface area contributed by atoms with Crippen LogP contribution in [0.2, 0.25) is 0 Å². The topological polar surface area (TPSA) is 61.8 Å². The largest absolute Gasteiger partial charge is 0.573 e. The Bertz CT molecular complexity index is 1150. The normalized spacial score (nSPS) is 12.3. The molecule has 0 radical (unpaired) electrons. The van der Waals surface area contributed by atoms with E-state index in [0.717, 1.165) is 10.4 Å². The molecule has 1 unspecified atom stereocenters. The molecule has 0 fully saturated rings. The van der Waals surface area contributed by atoms with Gasteiger partial charge in [0, 0.05) is 9.77 Å². The lowest BCUT2D eigenvalue weighted by molar-refractivity contribution is -0.274. The number of carbonyl (C=O) groups excluding carboxylic acids is 1. The molecular formula is C23H21F3O5S2. The zero-order valence-electron chi connectivity index (χ0n) is 18.0. The number of rotatable bonds is 8. The lowest BCUT2D eigenvalue weighted by Crippen LogP contribution is -2.16. The first-order chi connectivity index (χ1) is 15.6. The molecular weight excluding hydrogens is 477 g/mol. The zero-order chi connectivity index (χ0) is 24.2. The number of methoxy groups -OCH3 is 1. The first-order valence-electron chi connectivity index (χ1n) is 9.81. The average molecular weight is 499 g/mol. The number of alkyl halides is 3. The third kappa shape index (κ3) is 6.58. The minimum atomic E-state index is -4.76. The molecule has 0 spiro atoms. The summed E-state index contributed by atoms with van der Waals surface area (Å²) in [5, 5.41) is 0. The third-order valence-electron chi connectivity index (χ3n) is 4.52. The fraction of sp³-hybridized carbons (Fsp3) is 0.261. The first kappa shape index (κ1) is 24.8. The van der Waals surface area contributed by atoms with Gasteiger partial charge in [-0.15, -0.1) is 24.5 Å². The summed E-state index contributed by atoms with van der Waals surface area (Å²) in [6, 6.07) is 12.3. The van der Waals surface area contributed by atoms with Gasteiger partial charge >= 0.3 is 12.3 Å². The Balaban J connectivity index is 1.90. The Labute approximate surface area is 195 Å². The molecule has 33 heavy (non-hydrogen) atoms. The number of ether oxygens (including phenoxy) is 3. The van der Waals surface area contributed by atoms with Crippen LogP contribution in [-0.4, -0.2) is 30.3 Å². The van der Waals surface area contributed by atoms with E-state index in [1.807, 2.05) is 13.8 Å². The van der Waals surface area contributed by atoms with Gasteiger partial charge in [0.2, 0.25) is 0 Å². The summed E-state index contributed by atoms with van der Waals surface area (Å²) in [4.78, 5) is 13.0. The van der Waals surface area contributed by atoms with Gasteiger partial charge in [0.05, 0.1) is 35.1 Å². The predicted octanol–water partition coefficient (Wildman–Crippen LogP) is 5.90. The highest BCUT2D eigenvalue weighted by Crippen LogP contribution is 2.36. The molecule has 1 heterocycles. The summed E-state index contributed by atoms with van der Waals surface area (Å²) in [6.07, 6.45) is -4.74. The van der Waals surface area contributed by atoms with Crippen molar-refractivity contribution in [2.24, 2.45) is 0 Å². The van der Waals surface area contributed by atoms with Crippen LogP contribution in [0.25, 0.3) is 11.1 Å². The van der Waals surface area contributed by atoms with Gasteiger partial charge in [-0.1, -0.05) is 12.1 Å². The van der Waals surface area contributed by atoms with Gasteiger partial charge in [0.1, 0.15) is 11.5 Å². The van der Waals surface area contributed by atoms with Crippen LogP contribution < -0.4 is 9.47 Å². The monoisotopic (exact) mass is 498 g/mol. The van der Waals surface area contributed by atoms with Crippen molar-refractivity contribution in [3.8, 4) is 22.6 Å². The summed E-state index contributed by atoms with van der Waals surface area (Å²) in [5.41, 5.74) is 2.05. The van der Waals surface area contributed by atoms with Crippen LogP contribution in [0.3, 0.4) is 0 Å². The molecule has 0 N–H and O–H groups in total. The summed E-state index contributed by atoms with van der Waals surface area (Å²) in [6.45, 7) is 4.08. The summed E-state index contributed by atoms with van der Waals surface area (Å²) in [5.74, 6) is -0.239. The molecule has 0 aliphatic heterocycles. The number of hydrogen-bond donors (Lipinski definition) is 0. The standard InChI is InChI=1S/C23H21F3O5S2/c1-4-30-18-9-15(11-21(27)29-3)10-19(12-18)33(28)22-13-20(14(2)32-22)16-5-7-17(8-6-16)31-23(24,25)26/h5-10,12-13H,4,11H2,1-3H3. The third-order valence-corrected chi connectivity index (χ3v) is 7.21. The van der Waals surface area contributed by atoms with E-state index < -0.39 is 23.1 Å². The number of halogens is 3. The van der Waals surface area contributed by atoms with Crippen LogP contribution in [0.15, 0.2) is 57.6 Å². The molecule has 2 aromatic carbocycles. The van der Waals surface area contributed by atoms with Crippen LogP contribution in [0.1, 0.15) is 17.4 Å². The molecule has 0 aliphatic carbocycles. The molecule has 1 aromatic heterocycles. The molecule has 0 aliphatic rings. The predicted molar refractivity (Wildman–Crippen MR) is 119 cm³/mol. The van der Waals surface area contributed by atoms with Crippen molar-refractivity contribution in [1.29, 1.82) is 0 Å². The van der Waals surface area contributed by atoms with Crippen molar-refractivity contribution in [1.82, 2.24) is 0 Å². The molecule has 176 valence electrons. The minimum absolute atomic E-state index is 0.0165. The summed E-state index contributed by atoms with van der Waals surface area (Å²) >= 11 is 1.33. The maximum absolute atomic E-state index is 13.3. The van der Waals surface area contributed by atoms with E-state index in [4.69, 9.17) is 9.47 Å². The molecule has 3 rings (SSSR count). The van der Waals surface area contributed by atoms with Crippen molar-refractivity contribution in [2.45, 2.75) is 35.7 Å². The van der Waals surface area contributed by atoms with E-state index >= 15 is 0 Å². The van der Waals surface area contributed by atoms with E-state index in [0.29, 0.717) is 32.6 Å². The number of carbonyl (C=O) groups is 1. The van der Waals surface area contributed by atoms with Crippen molar-refractivity contribution in [3.05, 3.63) is 59.0 Å². The lowest BCUT2D eigenvalue weighted by Gasteiger charge is -2.09. The number of hydrogen-bond acceptors (Lipinski definition) is 6. The van der Waals surface area contributed by atoms with E-state index in [9.17, 15) is 22.2 Å². The van der Waals surface area contributed by atoms with Crippen LogP contribution in [0.4, 0.5) is 13.2 Å². The number of esters is 1. The maximum Gasteiger partial charge on any atom is 0.573 e. The van der Waals surface area contributed by atoms with Gasteiger partial charge in [-0.3, -0.25) is 4.79 Å². The van der Waals surface area contributed by atoms with Crippen LogP contribution in [0, 0.1) is 6.92 Å². The van der Waals surface area contributed by atoms with Crippen LogP contribution in [0.5, 0.6) is 11.5 Å². The second kappa shape index (κ2) is 10.4. The Morgan fingerprint density at radius 2 is 1.76 bits per heavy atom. The van der Waals surface area contributed by atoms with Gasteiger partial charge in [-0.05, 0) is 66.9 Å². The average Bonchev–Trinajstić information content (AvgIpc) is 3.14. The molecule has 3 aromatic rings. The van der Waals surface area contributed by atoms with E-state index in [1.54, 1.807) is 24.3 Å². The maximum atomic E-state index is 13.3. The second-order valence-electron chi connectivity index (χ2n) is 6.87. The zero-order valence-corrected chi connectivity index (χ0v) is 19.7. The molecule has 0 bridgehead atoms.